The molecule has 0 bridgehead atoms. The zero-order chi connectivity index (χ0) is 25.2. The maximum Gasteiger partial charge on any atom is 0.417 e. The Morgan fingerprint density at radius 1 is 1.29 bits per heavy atom. The van der Waals surface area contributed by atoms with E-state index in [1.54, 1.807) is 0 Å². The van der Waals surface area contributed by atoms with E-state index in [1.165, 1.54) is 12.4 Å². The van der Waals surface area contributed by atoms with Gasteiger partial charge in [-0.3, -0.25) is 4.79 Å². The second-order valence-electron chi connectivity index (χ2n) is 8.66. The Morgan fingerprint density at radius 3 is 2.69 bits per heavy atom. The number of aromatic nitrogens is 4. The van der Waals surface area contributed by atoms with Crippen LogP contribution in [0.4, 0.5) is 19.1 Å². The third kappa shape index (κ3) is 5.35. The molecule has 0 radical (unpaired) electrons. The Kier molecular flexibility index (Phi) is 6.88. The Morgan fingerprint density at radius 2 is 2.03 bits per heavy atom. The number of pyridine rings is 1. The second-order valence-corrected chi connectivity index (χ2v) is 8.66. The number of amides is 1. The van der Waals surface area contributed by atoms with Crippen LogP contribution in [-0.4, -0.2) is 49.6 Å². The molecule has 1 saturated carbocycles. The Bertz CT molecular complexity index is 1260. The zero-order valence-corrected chi connectivity index (χ0v) is 18.9. The number of alkyl halides is 3. The van der Waals surface area contributed by atoms with E-state index in [4.69, 9.17) is 5.11 Å². The highest BCUT2D eigenvalue weighted by Crippen LogP contribution is 2.35. The summed E-state index contributed by atoms with van der Waals surface area (Å²) in [6.45, 7) is 1.46. The van der Waals surface area contributed by atoms with Crippen LogP contribution in [0.15, 0.2) is 24.7 Å². The average molecular weight is 487 g/mol. The van der Waals surface area contributed by atoms with E-state index in [1.807, 2.05) is 13.0 Å². The molecule has 1 fully saturated rings. The quantitative estimate of drug-likeness (QED) is 0.418. The van der Waals surface area contributed by atoms with Crippen LogP contribution < -0.4 is 10.6 Å². The van der Waals surface area contributed by atoms with Crippen molar-refractivity contribution in [1.29, 1.82) is 5.26 Å². The molecule has 184 valence electrons. The number of H-pyrrole nitrogens is 1. The molecule has 9 nitrogen and oxygen atoms in total. The van der Waals surface area contributed by atoms with Crippen molar-refractivity contribution >= 4 is 22.9 Å². The maximum absolute atomic E-state index is 13.2. The standard InChI is InChI=1S/C23H24F3N7O2/c1-12(13-2-4-16(5-3-13)32-19(35)11-34)31-22-30-8-14(7-27)20(33-22)18-10-29-21-17(18)6-15(9-28-21)23(24,25)26/h6,8-10,12-13,16,34H,2-5,11H2,1H3,(H,28,29)(H,32,35)(H,30,31,33)/t12-,13-,16-/m1/s1. The van der Waals surface area contributed by atoms with E-state index in [2.05, 4.69) is 30.6 Å². The third-order valence-corrected chi connectivity index (χ3v) is 6.37. The van der Waals surface area contributed by atoms with Crippen molar-refractivity contribution in [1.82, 2.24) is 25.3 Å². The van der Waals surface area contributed by atoms with Gasteiger partial charge in [-0.1, -0.05) is 0 Å². The number of halogens is 3. The zero-order valence-electron chi connectivity index (χ0n) is 18.9. The van der Waals surface area contributed by atoms with Crippen molar-refractivity contribution < 1.29 is 23.1 Å². The van der Waals surface area contributed by atoms with Gasteiger partial charge in [0, 0.05) is 35.4 Å². The molecule has 3 aromatic heterocycles. The van der Waals surface area contributed by atoms with E-state index in [9.17, 15) is 23.2 Å². The van der Waals surface area contributed by atoms with Crippen molar-refractivity contribution in [3.63, 3.8) is 0 Å². The molecule has 35 heavy (non-hydrogen) atoms. The van der Waals surface area contributed by atoms with Gasteiger partial charge >= 0.3 is 6.18 Å². The number of rotatable bonds is 6. The number of nitrogens with one attached hydrogen (secondary N) is 3. The molecule has 3 heterocycles. The molecule has 1 atom stereocenters. The van der Waals surface area contributed by atoms with Gasteiger partial charge in [-0.25, -0.2) is 15.0 Å². The molecule has 4 rings (SSSR count). The number of hydrogen-bond acceptors (Lipinski definition) is 7. The highest BCUT2D eigenvalue weighted by Gasteiger charge is 2.32. The number of nitrogens with zero attached hydrogens (tertiary/aromatic N) is 4. The van der Waals surface area contributed by atoms with E-state index in [0.29, 0.717) is 5.56 Å². The maximum atomic E-state index is 13.2. The van der Waals surface area contributed by atoms with Gasteiger partial charge in [0.1, 0.15) is 18.3 Å². The highest BCUT2D eigenvalue weighted by molar-refractivity contribution is 5.94. The summed E-state index contributed by atoms with van der Waals surface area (Å²) < 4.78 is 39.7. The van der Waals surface area contributed by atoms with E-state index >= 15 is 0 Å². The number of nitriles is 1. The smallest absolute Gasteiger partial charge is 0.387 e. The Hall–Kier alpha value is -3.72. The molecular weight excluding hydrogens is 463 g/mol. The summed E-state index contributed by atoms with van der Waals surface area (Å²) >= 11 is 0. The minimum absolute atomic E-state index is 0.0215. The van der Waals surface area contributed by atoms with Crippen molar-refractivity contribution in [2.24, 2.45) is 5.92 Å². The molecular formula is C23H24F3N7O2. The number of carbonyl (C=O) groups excluding carboxylic acids is 1. The lowest BCUT2D eigenvalue weighted by molar-refractivity contribution is -0.137. The van der Waals surface area contributed by atoms with E-state index in [-0.39, 0.29) is 52.1 Å². The second kappa shape index (κ2) is 9.87. The fraction of sp³-hybridized carbons (Fsp3) is 0.435. The van der Waals surface area contributed by atoms with Gasteiger partial charge in [0.15, 0.2) is 0 Å². The summed E-state index contributed by atoms with van der Waals surface area (Å²) in [5, 5.41) is 24.7. The van der Waals surface area contributed by atoms with Crippen molar-refractivity contribution in [3.05, 3.63) is 35.8 Å². The van der Waals surface area contributed by atoms with Gasteiger partial charge in [0.2, 0.25) is 11.9 Å². The normalized spacial score (nSPS) is 19.2. The van der Waals surface area contributed by atoms with Crippen LogP contribution in [0.5, 0.6) is 0 Å². The molecule has 0 aliphatic heterocycles. The minimum Gasteiger partial charge on any atom is -0.387 e. The van der Waals surface area contributed by atoms with Gasteiger partial charge in [-0.15, -0.1) is 0 Å². The number of anilines is 1. The molecule has 12 heteroatoms. The van der Waals surface area contributed by atoms with Crippen LogP contribution in [0, 0.1) is 17.2 Å². The molecule has 1 aliphatic carbocycles. The van der Waals surface area contributed by atoms with E-state index in [0.717, 1.165) is 37.9 Å². The molecule has 0 saturated heterocycles. The molecule has 3 aromatic rings. The number of aromatic amines is 1. The molecule has 0 aromatic carbocycles. The van der Waals surface area contributed by atoms with Crippen LogP contribution in [-0.2, 0) is 11.0 Å². The number of aliphatic hydroxyl groups is 1. The molecule has 0 unspecified atom stereocenters. The van der Waals surface area contributed by atoms with Crippen molar-refractivity contribution in [2.75, 3.05) is 11.9 Å². The predicted octanol–water partition coefficient (Wildman–Crippen LogP) is 3.38. The highest BCUT2D eigenvalue weighted by atomic mass is 19.4. The molecule has 1 amide bonds. The minimum atomic E-state index is -4.55. The van der Waals surface area contributed by atoms with Gasteiger partial charge < -0.3 is 20.7 Å². The average Bonchev–Trinajstić information content (AvgIpc) is 3.27. The van der Waals surface area contributed by atoms with Crippen LogP contribution >= 0.6 is 0 Å². The first-order valence-electron chi connectivity index (χ1n) is 11.2. The Labute approximate surface area is 198 Å². The summed E-state index contributed by atoms with van der Waals surface area (Å²) in [5.41, 5.74) is 0.0228. The largest absolute Gasteiger partial charge is 0.417 e. The van der Waals surface area contributed by atoms with Crippen LogP contribution in [0.2, 0.25) is 0 Å². The predicted molar refractivity (Wildman–Crippen MR) is 121 cm³/mol. The van der Waals surface area contributed by atoms with Gasteiger partial charge in [-0.2, -0.15) is 18.4 Å². The third-order valence-electron chi connectivity index (χ3n) is 6.37. The van der Waals surface area contributed by atoms with Gasteiger partial charge in [0.05, 0.1) is 23.0 Å². The monoisotopic (exact) mass is 487 g/mol. The summed E-state index contributed by atoms with van der Waals surface area (Å²) in [6.07, 6.45) is 2.30. The summed E-state index contributed by atoms with van der Waals surface area (Å²) in [4.78, 5) is 26.8. The number of hydrogen-bond donors (Lipinski definition) is 4. The molecule has 4 N–H and O–H groups in total. The Balaban J connectivity index is 1.54. The number of carbonyl (C=O) groups is 1. The lowest BCUT2D eigenvalue weighted by Gasteiger charge is -2.33. The van der Waals surface area contributed by atoms with Gasteiger partial charge in [0.25, 0.3) is 0 Å². The first-order chi connectivity index (χ1) is 16.7. The fourth-order valence-electron chi connectivity index (χ4n) is 4.45. The van der Waals surface area contributed by atoms with E-state index < -0.39 is 18.3 Å². The lowest BCUT2D eigenvalue weighted by Crippen LogP contribution is -2.41. The van der Waals surface area contributed by atoms with Crippen molar-refractivity contribution in [2.45, 2.75) is 50.9 Å². The van der Waals surface area contributed by atoms with Crippen LogP contribution in [0.1, 0.15) is 43.7 Å². The first kappa shape index (κ1) is 24.4. The van der Waals surface area contributed by atoms with Gasteiger partial charge in [-0.05, 0) is 44.6 Å². The fourth-order valence-corrected chi connectivity index (χ4v) is 4.45. The lowest BCUT2D eigenvalue weighted by atomic mass is 9.82. The summed E-state index contributed by atoms with van der Waals surface area (Å²) in [6, 6.07) is 3.00. The molecule has 1 aliphatic rings. The SMILES string of the molecule is C[C@@H](Nc1ncc(C#N)c(-c2c[nH]c3ncc(C(F)(F)F)cc23)n1)[C@H]1CC[C@H](NC(=O)CO)CC1. The summed E-state index contributed by atoms with van der Waals surface area (Å²) in [5.74, 6) is 0.163. The topological polar surface area (TPSA) is 140 Å². The first-order valence-corrected chi connectivity index (χ1v) is 11.2. The molecule has 0 spiro atoms. The summed E-state index contributed by atoms with van der Waals surface area (Å²) in [7, 11) is 0. The van der Waals surface area contributed by atoms with Crippen LogP contribution in [0.3, 0.4) is 0 Å². The number of fused-ring (bicyclic) bond motifs is 1. The van der Waals surface area contributed by atoms with Crippen LogP contribution in [0.25, 0.3) is 22.3 Å². The number of aliphatic hydroxyl groups excluding tert-OH is 1. The van der Waals surface area contributed by atoms with Crippen molar-refractivity contribution in [3.8, 4) is 17.3 Å².